The maximum Gasteiger partial charge on any atom is 0.408 e. The van der Waals surface area contributed by atoms with Gasteiger partial charge in [-0.05, 0) is 59.1 Å². The molecule has 0 fully saturated rings. The summed E-state index contributed by atoms with van der Waals surface area (Å²) in [6.07, 6.45) is -0.0511. The molecule has 0 aromatic heterocycles. The number of nitrogens with zero attached hydrogens (tertiary/aromatic N) is 1. The molecule has 0 saturated heterocycles. The van der Waals surface area contributed by atoms with E-state index in [4.69, 9.17) is 4.74 Å². The number of carbonyl (C=O) groups excluding carboxylic acids is 3. The first-order chi connectivity index (χ1) is 14.4. The lowest BCUT2D eigenvalue weighted by Gasteiger charge is -2.35. The Morgan fingerprint density at radius 3 is 2.23 bits per heavy atom. The van der Waals surface area contributed by atoms with Crippen molar-refractivity contribution in [1.82, 2.24) is 15.5 Å². The van der Waals surface area contributed by atoms with Crippen molar-refractivity contribution < 1.29 is 19.1 Å². The third-order valence-corrected chi connectivity index (χ3v) is 4.76. The number of carbonyl (C=O) groups is 3. The fraction of sp³-hybridized carbons (Fsp3) is 0.609. The van der Waals surface area contributed by atoms with Gasteiger partial charge in [0.25, 0.3) is 0 Å². The van der Waals surface area contributed by atoms with Gasteiger partial charge in [-0.3, -0.25) is 9.59 Å². The van der Waals surface area contributed by atoms with Gasteiger partial charge in [0.05, 0.1) is 0 Å². The van der Waals surface area contributed by atoms with Gasteiger partial charge in [-0.25, -0.2) is 4.79 Å². The standard InChI is InChI=1S/C23H37N3O4S/c1-8-13-26(21(28)18(14-31)25-22(29)30-23(5,6)7)19(20(27)24-15(2)3)17-12-10-9-11-16(17)4/h9-12,15,18-19,31H,8,13-14H2,1-7H3,(H,24,27)(H,25,29). The van der Waals surface area contributed by atoms with E-state index in [1.807, 2.05) is 52.0 Å². The smallest absolute Gasteiger partial charge is 0.408 e. The zero-order valence-electron chi connectivity index (χ0n) is 19.7. The van der Waals surface area contributed by atoms with Crippen molar-refractivity contribution in [3.63, 3.8) is 0 Å². The number of aryl methyl sites for hydroxylation is 1. The molecule has 0 heterocycles. The number of ether oxygens (including phenoxy) is 1. The van der Waals surface area contributed by atoms with E-state index < -0.39 is 23.8 Å². The maximum absolute atomic E-state index is 13.5. The van der Waals surface area contributed by atoms with Crippen molar-refractivity contribution in [2.24, 2.45) is 0 Å². The minimum absolute atomic E-state index is 0.0740. The Labute approximate surface area is 191 Å². The quantitative estimate of drug-likeness (QED) is 0.501. The minimum Gasteiger partial charge on any atom is -0.444 e. The van der Waals surface area contributed by atoms with Crippen LogP contribution in [0, 0.1) is 6.92 Å². The molecule has 8 heteroatoms. The zero-order valence-corrected chi connectivity index (χ0v) is 20.6. The normalized spacial score (nSPS) is 13.3. The Balaban J connectivity index is 3.32. The lowest BCUT2D eigenvalue weighted by Crippen LogP contribution is -2.54. The summed E-state index contributed by atoms with van der Waals surface area (Å²) < 4.78 is 5.29. The van der Waals surface area contributed by atoms with Gasteiger partial charge in [0.15, 0.2) is 0 Å². The SMILES string of the molecule is CCCN(C(=O)C(CS)NC(=O)OC(C)(C)C)C(C(=O)NC(C)C)c1ccccc1C. The second-order valence-electron chi connectivity index (χ2n) is 8.84. The van der Waals surface area contributed by atoms with Crippen LogP contribution in [0.1, 0.15) is 65.1 Å². The van der Waals surface area contributed by atoms with Crippen molar-refractivity contribution in [3.8, 4) is 0 Å². The topological polar surface area (TPSA) is 87.7 Å². The summed E-state index contributed by atoms with van der Waals surface area (Å²) in [5, 5.41) is 5.53. The first-order valence-electron chi connectivity index (χ1n) is 10.7. The van der Waals surface area contributed by atoms with Gasteiger partial charge in [-0.15, -0.1) is 0 Å². The third kappa shape index (κ3) is 8.44. The van der Waals surface area contributed by atoms with Crippen molar-refractivity contribution in [3.05, 3.63) is 35.4 Å². The highest BCUT2D eigenvalue weighted by atomic mass is 32.1. The molecule has 174 valence electrons. The van der Waals surface area contributed by atoms with Crippen molar-refractivity contribution in [1.29, 1.82) is 0 Å². The van der Waals surface area contributed by atoms with Gasteiger partial charge >= 0.3 is 6.09 Å². The highest BCUT2D eigenvalue weighted by Gasteiger charge is 2.36. The molecule has 0 radical (unpaired) electrons. The van der Waals surface area contributed by atoms with E-state index in [0.29, 0.717) is 13.0 Å². The van der Waals surface area contributed by atoms with Crippen LogP contribution in [0.4, 0.5) is 4.79 Å². The fourth-order valence-electron chi connectivity index (χ4n) is 3.15. The van der Waals surface area contributed by atoms with Gasteiger partial charge < -0.3 is 20.3 Å². The number of rotatable bonds is 9. The minimum atomic E-state index is -0.928. The molecule has 0 saturated carbocycles. The molecule has 1 aromatic carbocycles. The molecule has 2 atom stereocenters. The molecule has 0 aliphatic carbocycles. The predicted molar refractivity (Wildman–Crippen MR) is 126 cm³/mol. The second kappa shape index (κ2) is 12.0. The van der Waals surface area contributed by atoms with Crippen LogP contribution in [-0.2, 0) is 14.3 Å². The van der Waals surface area contributed by atoms with Gasteiger partial charge in [0.2, 0.25) is 11.8 Å². The molecule has 31 heavy (non-hydrogen) atoms. The molecule has 0 spiro atoms. The Hall–Kier alpha value is -2.22. The van der Waals surface area contributed by atoms with Crippen molar-refractivity contribution >= 4 is 30.5 Å². The van der Waals surface area contributed by atoms with Gasteiger partial charge in [-0.1, -0.05) is 31.2 Å². The monoisotopic (exact) mass is 451 g/mol. The average Bonchev–Trinajstić information content (AvgIpc) is 2.64. The van der Waals surface area contributed by atoms with Gasteiger partial charge in [0, 0.05) is 18.3 Å². The average molecular weight is 452 g/mol. The lowest BCUT2D eigenvalue weighted by atomic mass is 9.98. The molecule has 0 aliphatic heterocycles. The molecule has 1 rings (SSSR count). The summed E-state index contributed by atoms with van der Waals surface area (Å²) >= 11 is 4.27. The largest absolute Gasteiger partial charge is 0.444 e. The molecule has 0 bridgehead atoms. The van der Waals surface area contributed by atoms with Crippen LogP contribution >= 0.6 is 12.6 Å². The summed E-state index contributed by atoms with van der Waals surface area (Å²) in [6, 6.07) is 5.67. The van der Waals surface area contributed by atoms with E-state index in [1.54, 1.807) is 20.8 Å². The first kappa shape index (κ1) is 26.8. The van der Waals surface area contributed by atoms with Crippen LogP contribution in [0.3, 0.4) is 0 Å². The molecule has 1 aromatic rings. The van der Waals surface area contributed by atoms with Crippen molar-refractivity contribution in [2.75, 3.05) is 12.3 Å². The number of benzene rings is 1. The number of thiol groups is 1. The number of nitrogens with one attached hydrogen (secondary N) is 2. The van der Waals surface area contributed by atoms with Gasteiger partial charge in [-0.2, -0.15) is 12.6 Å². The molecular weight excluding hydrogens is 414 g/mol. The third-order valence-electron chi connectivity index (χ3n) is 4.39. The lowest BCUT2D eigenvalue weighted by molar-refractivity contribution is -0.142. The number of alkyl carbamates (subject to hydrolysis) is 1. The van der Waals surface area contributed by atoms with Crippen molar-refractivity contribution in [2.45, 2.75) is 78.6 Å². The summed E-state index contributed by atoms with van der Waals surface area (Å²) in [5.74, 6) is -0.568. The van der Waals surface area contributed by atoms with E-state index in [0.717, 1.165) is 11.1 Å². The van der Waals surface area contributed by atoms with Crippen LogP contribution in [0.5, 0.6) is 0 Å². The van der Waals surface area contributed by atoms with E-state index in [2.05, 4.69) is 23.3 Å². The highest BCUT2D eigenvalue weighted by Crippen LogP contribution is 2.26. The van der Waals surface area contributed by atoms with E-state index in [1.165, 1.54) is 4.90 Å². The zero-order chi connectivity index (χ0) is 23.8. The molecule has 2 unspecified atom stereocenters. The summed E-state index contributed by atoms with van der Waals surface area (Å²) in [4.78, 5) is 40.5. The Morgan fingerprint density at radius 1 is 1.13 bits per heavy atom. The molecule has 2 N–H and O–H groups in total. The molecule has 3 amide bonds. The van der Waals surface area contributed by atoms with E-state index in [-0.39, 0.29) is 23.6 Å². The van der Waals surface area contributed by atoms with Crippen LogP contribution in [0.2, 0.25) is 0 Å². The molecule has 7 nitrogen and oxygen atoms in total. The van der Waals surface area contributed by atoms with Crippen LogP contribution in [0.25, 0.3) is 0 Å². The number of hydrogen-bond donors (Lipinski definition) is 3. The fourth-order valence-corrected chi connectivity index (χ4v) is 3.40. The first-order valence-corrected chi connectivity index (χ1v) is 11.3. The summed E-state index contributed by atoms with van der Waals surface area (Å²) in [5.41, 5.74) is 0.957. The Morgan fingerprint density at radius 2 is 1.74 bits per heavy atom. The summed E-state index contributed by atoms with van der Waals surface area (Å²) in [6.45, 7) is 13.2. The van der Waals surface area contributed by atoms with E-state index in [9.17, 15) is 14.4 Å². The maximum atomic E-state index is 13.5. The molecule has 0 aliphatic rings. The second-order valence-corrected chi connectivity index (χ2v) is 9.20. The molecular formula is C23H37N3O4S. The summed E-state index contributed by atoms with van der Waals surface area (Å²) in [7, 11) is 0. The predicted octanol–water partition coefficient (Wildman–Crippen LogP) is 3.62. The van der Waals surface area contributed by atoms with Crippen LogP contribution in [0.15, 0.2) is 24.3 Å². The number of hydrogen-bond acceptors (Lipinski definition) is 5. The van der Waals surface area contributed by atoms with Crippen LogP contribution in [-0.4, -0.2) is 52.8 Å². The van der Waals surface area contributed by atoms with Gasteiger partial charge in [0.1, 0.15) is 17.7 Å². The number of amides is 3. The van der Waals surface area contributed by atoms with E-state index >= 15 is 0 Å². The Kier molecular flexibility index (Phi) is 10.4. The van der Waals surface area contributed by atoms with Crippen LogP contribution < -0.4 is 10.6 Å². The Bertz CT molecular complexity index is 761. The highest BCUT2D eigenvalue weighted by molar-refractivity contribution is 7.80.